The number of halogens is 1. The van der Waals surface area contributed by atoms with E-state index in [1.54, 1.807) is 17.2 Å². The Hall–Kier alpha value is -1.86. The maximum Gasteiger partial charge on any atom is 0.238 e. The smallest absolute Gasteiger partial charge is 0.238 e. The first-order valence-corrected chi connectivity index (χ1v) is 9.80. The van der Waals surface area contributed by atoms with Crippen LogP contribution in [0.1, 0.15) is 12.5 Å². The Labute approximate surface area is 160 Å². The molecule has 2 aromatic rings. The van der Waals surface area contributed by atoms with Gasteiger partial charge in [-0.15, -0.1) is 11.8 Å². The van der Waals surface area contributed by atoms with Gasteiger partial charge in [-0.2, -0.15) is 0 Å². The summed E-state index contributed by atoms with van der Waals surface area (Å²) in [6.07, 6.45) is 1.66. The van der Waals surface area contributed by atoms with Crippen LogP contribution in [0.15, 0.2) is 47.1 Å². The number of carbonyl (C=O) groups is 2. The second kappa shape index (κ2) is 9.58. The van der Waals surface area contributed by atoms with Crippen molar-refractivity contribution in [2.45, 2.75) is 13.8 Å². The van der Waals surface area contributed by atoms with Crippen molar-refractivity contribution in [3.8, 4) is 0 Å². The average Bonchev–Trinajstić information content (AvgIpc) is 2.59. The third kappa shape index (κ3) is 6.17. The lowest BCUT2D eigenvalue weighted by molar-refractivity contribution is -0.116. The van der Waals surface area contributed by atoms with Crippen molar-refractivity contribution in [3.63, 3.8) is 0 Å². The lowest BCUT2D eigenvalue weighted by Crippen LogP contribution is -2.33. The van der Waals surface area contributed by atoms with Crippen LogP contribution >= 0.6 is 27.7 Å². The quantitative estimate of drug-likeness (QED) is 0.736. The maximum atomic E-state index is 12.4. The minimum atomic E-state index is -0.119. The van der Waals surface area contributed by atoms with Crippen molar-refractivity contribution in [2.24, 2.45) is 0 Å². The van der Waals surface area contributed by atoms with Crippen LogP contribution in [0.3, 0.4) is 0 Å². The van der Waals surface area contributed by atoms with Gasteiger partial charge in [0.15, 0.2) is 0 Å². The average molecular weight is 422 g/mol. The molecule has 0 unspecified atom stereocenters. The molecule has 132 valence electrons. The Balaban J connectivity index is 1.81. The first-order chi connectivity index (χ1) is 12.0. The number of pyridine rings is 1. The van der Waals surface area contributed by atoms with Crippen LogP contribution in [0, 0.1) is 6.92 Å². The van der Waals surface area contributed by atoms with Crippen molar-refractivity contribution >= 4 is 51.0 Å². The monoisotopic (exact) mass is 421 g/mol. The van der Waals surface area contributed by atoms with Gasteiger partial charge < -0.3 is 5.32 Å². The maximum absolute atomic E-state index is 12.4. The van der Waals surface area contributed by atoms with E-state index in [-0.39, 0.29) is 23.3 Å². The molecule has 0 radical (unpaired) electrons. The van der Waals surface area contributed by atoms with Crippen LogP contribution in [0.5, 0.6) is 0 Å². The van der Waals surface area contributed by atoms with Crippen molar-refractivity contribution in [2.75, 3.05) is 28.3 Å². The van der Waals surface area contributed by atoms with Gasteiger partial charge in [0.25, 0.3) is 0 Å². The highest BCUT2D eigenvalue weighted by molar-refractivity contribution is 9.10. The molecule has 0 atom stereocenters. The van der Waals surface area contributed by atoms with Gasteiger partial charge in [0.2, 0.25) is 11.8 Å². The van der Waals surface area contributed by atoms with Crippen molar-refractivity contribution in [1.29, 1.82) is 0 Å². The van der Waals surface area contributed by atoms with Crippen molar-refractivity contribution in [3.05, 3.63) is 52.6 Å². The third-order valence-corrected chi connectivity index (χ3v) is 4.79. The number of aryl methyl sites for hydroxylation is 1. The fraction of sp³-hybridized carbons (Fsp3) is 0.278. The molecule has 0 aliphatic rings. The summed E-state index contributed by atoms with van der Waals surface area (Å²) < 4.78 is 0.863. The van der Waals surface area contributed by atoms with Gasteiger partial charge >= 0.3 is 0 Å². The highest BCUT2D eigenvalue weighted by Crippen LogP contribution is 2.16. The summed E-state index contributed by atoms with van der Waals surface area (Å²) >= 11 is 4.62. The zero-order chi connectivity index (χ0) is 18.2. The molecule has 25 heavy (non-hydrogen) atoms. The van der Waals surface area contributed by atoms with E-state index in [1.807, 2.05) is 44.2 Å². The molecule has 1 heterocycles. The van der Waals surface area contributed by atoms with Gasteiger partial charge in [-0.25, -0.2) is 4.98 Å². The van der Waals surface area contributed by atoms with Crippen molar-refractivity contribution in [1.82, 2.24) is 4.98 Å². The van der Waals surface area contributed by atoms with Crippen LogP contribution < -0.4 is 10.2 Å². The molecule has 1 aromatic heterocycles. The van der Waals surface area contributed by atoms with E-state index in [9.17, 15) is 9.59 Å². The standard InChI is InChI=1S/C18H20BrN3O2S/c1-3-22(16-9-6-14(19)10-20-16)18(24)12-25-11-17(23)21-15-7-4-13(2)5-8-15/h4-10H,3,11-12H2,1-2H3,(H,21,23). The van der Waals surface area contributed by atoms with Gasteiger partial charge in [-0.05, 0) is 54.0 Å². The first-order valence-electron chi connectivity index (χ1n) is 7.85. The minimum absolute atomic E-state index is 0.0644. The van der Waals surface area contributed by atoms with Gasteiger partial charge in [0.05, 0.1) is 11.5 Å². The van der Waals surface area contributed by atoms with E-state index in [1.165, 1.54) is 11.8 Å². The fourth-order valence-electron chi connectivity index (χ4n) is 2.14. The molecule has 0 saturated heterocycles. The number of hydrogen-bond donors (Lipinski definition) is 1. The lowest BCUT2D eigenvalue weighted by Gasteiger charge is -2.19. The molecule has 7 heteroatoms. The summed E-state index contributed by atoms with van der Waals surface area (Å²) in [6, 6.07) is 11.2. The first kappa shape index (κ1) is 19.5. The minimum Gasteiger partial charge on any atom is -0.325 e. The molecule has 0 bridgehead atoms. The highest BCUT2D eigenvalue weighted by atomic mass is 79.9. The lowest BCUT2D eigenvalue weighted by atomic mass is 10.2. The Morgan fingerprint density at radius 1 is 1.16 bits per heavy atom. The summed E-state index contributed by atoms with van der Waals surface area (Å²) in [5, 5.41) is 2.82. The number of rotatable bonds is 7. The van der Waals surface area contributed by atoms with Crippen LogP contribution in [0.4, 0.5) is 11.5 Å². The Morgan fingerprint density at radius 3 is 2.48 bits per heavy atom. The van der Waals surface area contributed by atoms with Crippen LogP contribution in [-0.4, -0.2) is 34.8 Å². The van der Waals surface area contributed by atoms with Gasteiger partial charge in [0.1, 0.15) is 5.82 Å². The van der Waals surface area contributed by atoms with E-state index in [0.29, 0.717) is 12.4 Å². The van der Waals surface area contributed by atoms with E-state index in [4.69, 9.17) is 0 Å². The van der Waals surface area contributed by atoms with E-state index in [0.717, 1.165) is 15.7 Å². The summed E-state index contributed by atoms with van der Waals surface area (Å²) in [7, 11) is 0. The van der Waals surface area contributed by atoms with Crippen molar-refractivity contribution < 1.29 is 9.59 Å². The molecule has 2 amide bonds. The molecule has 0 aliphatic heterocycles. The predicted molar refractivity (Wildman–Crippen MR) is 107 cm³/mol. The number of hydrogen-bond acceptors (Lipinski definition) is 4. The molecule has 0 aliphatic carbocycles. The molecule has 2 rings (SSSR count). The second-order valence-electron chi connectivity index (χ2n) is 5.38. The molecule has 0 fully saturated rings. The van der Waals surface area contributed by atoms with E-state index in [2.05, 4.69) is 26.2 Å². The number of aromatic nitrogens is 1. The number of benzene rings is 1. The normalized spacial score (nSPS) is 10.4. The number of amides is 2. The van der Waals surface area contributed by atoms with Gasteiger partial charge in [-0.3, -0.25) is 14.5 Å². The number of nitrogens with one attached hydrogen (secondary N) is 1. The molecule has 5 nitrogen and oxygen atoms in total. The Bertz CT molecular complexity index is 720. The molecule has 1 aromatic carbocycles. The summed E-state index contributed by atoms with van der Waals surface area (Å²) in [5.41, 5.74) is 1.90. The Morgan fingerprint density at radius 2 is 1.88 bits per heavy atom. The van der Waals surface area contributed by atoms with Crippen LogP contribution in [0.25, 0.3) is 0 Å². The highest BCUT2D eigenvalue weighted by Gasteiger charge is 2.15. The fourth-order valence-corrected chi connectivity index (χ4v) is 3.06. The zero-order valence-electron chi connectivity index (χ0n) is 14.2. The zero-order valence-corrected chi connectivity index (χ0v) is 16.6. The number of anilines is 2. The molecule has 1 N–H and O–H groups in total. The summed E-state index contributed by atoms with van der Waals surface area (Å²) in [5.74, 6) is 0.884. The molecular weight excluding hydrogens is 402 g/mol. The van der Waals surface area contributed by atoms with Gasteiger partial charge in [0, 0.05) is 22.9 Å². The topological polar surface area (TPSA) is 62.3 Å². The van der Waals surface area contributed by atoms with Gasteiger partial charge in [-0.1, -0.05) is 17.7 Å². The number of nitrogens with zero attached hydrogens (tertiary/aromatic N) is 2. The predicted octanol–water partition coefficient (Wildman–Crippen LogP) is 3.88. The second-order valence-corrected chi connectivity index (χ2v) is 7.28. The van der Waals surface area contributed by atoms with Crippen LogP contribution in [-0.2, 0) is 9.59 Å². The SMILES string of the molecule is CCN(C(=O)CSCC(=O)Nc1ccc(C)cc1)c1ccc(Br)cn1. The molecular formula is C18H20BrN3O2S. The van der Waals surface area contributed by atoms with E-state index < -0.39 is 0 Å². The summed E-state index contributed by atoms with van der Waals surface area (Å²) in [6.45, 7) is 4.42. The van der Waals surface area contributed by atoms with E-state index >= 15 is 0 Å². The summed E-state index contributed by atoms with van der Waals surface area (Å²) in [4.78, 5) is 30.2. The largest absolute Gasteiger partial charge is 0.325 e. The Kier molecular flexibility index (Phi) is 7.46. The number of carbonyl (C=O) groups excluding carboxylic acids is 2. The molecule has 0 saturated carbocycles. The molecule has 0 spiro atoms. The van der Waals surface area contributed by atoms with Crippen LogP contribution in [0.2, 0.25) is 0 Å². The number of thioether (sulfide) groups is 1. The third-order valence-electron chi connectivity index (χ3n) is 3.40.